The normalized spacial score (nSPS) is 19.6. The number of para-hydroxylation sites is 1. The van der Waals surface area contributed by atoms with E-state index in [1.807, 2.05) is 24.3 Å². The molecule has 0 atom stereocenters. The van der Waals surface area contributed by atoms with Gasteiger partial charge in [-0.3, -0.25) is 0 Å². The van der Waals surface area contributed by atoms with Crippen LogP contribution in [0.5, 0.6) is 5.75 Å². The molecule has 1 aliphatic carbocycles. The molecule has 1 N–H and O–H groups in total. The fourth-order valence-electron chi connectivity index (χ4n) is 5.07. The van der Waals surface area contributed by atoms with Crippen molar-refractivity contribution in [2.24, 2.45) is 5.41 Å². The number of aromatic hydroxyl groups is 1. The summed E-state index contributed by atoms with van der Waals surface area (Å²) in [5.74, 6) is 0.629. The lowest BCUT2D eigenvalue weighted by Crippen LogP contribution is -2.38. The van der Waals surface area contributed by atoms with Gasteiger partial charge in [-0.1, -0.05) is 57.7 Å². The van der Waals surface area contributed by atoms with E-state index >= 15 is 0 Å². The Morgan fingerprint density at radius 1 is 1.03 bits per heavy atom. The predicted molar refractivity (Wildman–Crippen MR) is 127 cm³/mol. The van der Waals surface area contributed by atoms with Crippen LogP contribution in [-0.4, -0.2) is 25.8 Å². The maximum atomic E-state index is 13.7. The Morgan fingerprint density at radius 3 is 2.26 bits per heavy atom. The molecule has 0 aromatic heterocycles. The summed E-state index contributed by atoms with van der Waals surface area (Å²) >= 11 is 0. The first-order valence-corrected chi connectivity index (χ1v) is 13.5. The summed E-state index contributed by atoms with van der Waals surface area (Å²) in [6.45, 7) is 5.03. The van der Waals surface area contributed by atoms with E-state index in [4.69, 9.17) is 0 Å². The van der Waals surface area contributed by atoms with Crippen LogP contribution < -0.4 is 4.90 Å². The Balaban J connectivity index is 1.90. The minimum atomic E-state index is -3.53. The minimum Gasteiger partial charge on any atom is -0.508 e. The van der Waals surface area contributed by atoms with Crippen molar-refractivity contribution in [3.05, 3.63) is 48.0 Å². The molecule has 5 heteroatoms. The van der Waals surface area contributed by atoms with Crippen LogP contribution in [0.2, 0.25) is 0 Å². The number of hydrogen-bond acceptors (Lipinski definition) is 4. The topological polar surface area (TPSA) is 57.6 Å². The van der Waals surface area contributed by atoms with Crippen molar-refractivity contribution in [2.45, 2.75) is 76.0 Å². The fourth-order valence-corrected chi connectivity index (χ4v) is 7.19. The number of unbranched alkanes of at least 4 members (excludes halogenated alkanes) is 2. The Labute approximate surface area is 187 Å². The average molecular weight is 442 g/mol. The molecule has 168 valence electrons. The summed E-state index contributed by atoms with van der Waals surface area (Å²) in [6.07, 6.45) is 8.08. The zero-order valence-electron chi connectivity index (χ0n) is 18.8. The number of hydrogen-bond donors (Lipinski definition) is 1. The molecular weight excluding hydrogens is 406 g/mol. The van der Waals surface area contributed by atoms with E-state index in [0.717, 1.165) is 68.3 Å². The van der Waals surface area contributed by atoms with Gasteiger partial charge in [-0.2, -0.15) is 0 Å². The van der Waals surface area contributed by atoms with Gasteiger partial charge in [0, 0.05) is 23.7 Å². The lowest BCUT2D eigenvalue weighted by molar-refractivity contribution is 0.270. The Morgan fingerprint density at radius 2 is 1.68 bits per heavy atom. The minimum absolute atomic E-state index is 0.132. The molecule has 4 rings (SSSR count). The first kappa shape index (κ1) is 22.2. The van der Waals surface area contributed by atoms with Gasteiger partial charge in [0.2, 0.25) is 0 Å². The maximum absolute atomic E-state index is 13.7. The SMILES string of the molecule is CCCCC1(CCCC)CN(c2ccccc2)c2cc(C3CC3)c(O)cc2S(=O)(=O)C1. The molecule has 0 saturated heterocycles. The van der Waals surface area contributed by atoms with E-state index in [-0.39, 0.29) is 21.8 Å². The Hall–Kier alpha value is -2.01. The molecule has 4 nitrogen and oxygen atoms in total. The molecule has 0 unspecified atom stereocenters. The van der Waals surface area contributed by atoms with E-state index in [2.05, 4.69) is 30.9 Å². The lowest BCUT2D eigenvalue weighted by Gasteiger charge is -2.37. The molecule has 1 fully saturated rings. The number of rotatable bonds is 8. The van der Waals surface area contributed by atoms with Gasteiger partial charge in [-0.05, 0) is 55.4 Å². The quantitative estimate of drug-likeness (QED) is 0.504. The molecule has 0 spiro atoms. The zero-order chi connectivity index (χ0) is 22.1. The highest BCUT2D eigenvalue weighted by atomic mass is 32.2. The van der Waals surface area contributed by atoms with Crippen LogP contribution in [0.25, 0.3) is 0 Å². The molecule has 0 bridgehead atoms. The summed E-state index contributed by atoms with van der Waals surface area (Å²) in [6, 6.07) is 13.6. The van der Waals surface area contributed by atoms with E-state index in [1.54, 1.807) is 0 Å². The Kier molecular flexibility index (Phi) is 6.34. The van der Waals surface area contributed by atoms with Gasteiger partial charge in [0.15, 0.2) is 9.84 Å². The maximum Gasteiger partial charge on any atom is 0.181 e. The zero-order valence-corrected chi connectivity index (χ0v) is 19.6. The van der Waals surface area contributed by atoms with Crippen molar-refractivity contribution in [1.82, 2.24) is 0 Å². The summed E-state index contributed by atoms with van der Waals surface area (Å²) in [7, 11) is -3.53. The number of phenolic OH excluding ortho intramolecular Hbond substituents is 1. The Bertz CT molecular complexity index is 1000. The smallest absolute Gasteiger partial charge is 0.181 e. The first-order valence-electron chi connectivity index (χ1n) is 11.8. The molecule has 31 heavy (non-hydrogen) atoms. The number of fused-ring (bicyclic) bond motifs is 1. The molecule has 0 radical (unpaired) electrons. The van der Waals surface area contributed by atoms with Gasteiger partial charge in [-0.15, -0.1) is 0 Å². The van der Waals surface area contributed by atoms with Crippen molar-refractivity contribution in [2.75, 3.05) is 17.2 Å². The molecule has 1 saturated carbocycles. The van der Waals surface area contributed by atoms with Crippen molar-refractivity contribution in [3.8, 4) is 5.75 Å². The van der Waals surface area contributed by atoms with Crippen molar-refractivity contribution in [3.63, 3.8) is 0 Å². The first-order chi connectivity index (χ1) is 14.9. The largest absolute Gasteiger partial charge is 0.508 e. The van der Waals surface area contributed by atoms with Gasteiger partial charge in [0.05, 0.1) is 16.3 Å². The molecule has 1 heterocycles. The number of phenols is 1. The standard InChI is InChI=1S/C26H35NO3S/c1-3-5-14-26(15-6-4-2)18-27(21-10-8-7-9-11-21)23-16-22(20-12-13-20)24(28)17-25(23)31(29,30)19-26/h7-11,16-17,20,28H,3-6,12-15,18-19H2,1-2H3. The number of sulfone groups is 1. The van der Waals surface area contributed by atoms with Crippen molar-refractivity contribution in [1.29, 1.82) is 0 Å². The average Bonchev–Trinajstić information content (AvgIpc) is 3.60. The predicted octanol–water partition coefficient (Wildman–Crippen LogP) is 6.56. The van der Waals surface area contributed by atoms with Crippen molar-refractivity contribution >= 4 is 21.2 Å². The van der Waals surface area contributed by atoms with Crippen LogP contribution in [-0.2, 0) is 9.84 Å². The number of benzene rings is 2. The van der Waals surface area contributed by atoms with Crippen LogP contribution in [0.3, 0.4) is 0 Å². The molecule has 2 aromatic rings. The third-order valence-corrected chi connectivity index (χ3v) is 8.92. The third-order valence-electron chi connectivity index (χ3n) is 6.93. The lowest BCUT2D eigenvalue weighted by atomic mass is 9.79. The van der Waals surface area contributed by atoms with Gasteiger partial charge < -0.3 is 10.0 Å². The third kappa shape index (κ3) is 4.62. The van der Waals surface area contributed by atoms with Gasteiger partial charge in [0.1, 0.15) is 5.75 Å². The van der Waals surface area contributed by atoms with E-state index in [1.165, 1.54) is 6.07 Å². The van der Waals surface area contributed by atoms with E-state index < -0.39 is 9.84 Å². The van der Waals surface area contributed by atoms with Crippen LogP contribution >= 0.6 is 0 Å². The second kappa shape index (κ2) is 8.85. The second-order valence-electron chi connectivity index (χ2n) is 9.54. The summed E-state index contributed by atoms with van der Waals surface area (Å²) < 4.78 is 27.4. The molecule has 2 aliphatic rings. The summed E-state index contributed by atoms with van der Waals surface area (Å²) in [4.78, 5) is 2.50. The molecular formula is C26H35NO3S. The van der Waals surface area contributed by atoms with Gasteiger partial charge >= 0.3 is 0 Å². The number of anilines is 2. The monoisotopic (exact) mass is 441 g/mol. The molecule has 1 aliphatic heterocycles. The highest BCUT2D eigenvalue weighted by Crippen LogP contribution is 2.50. The van der Waals surface area contributed by atoms with Crippen LogP contribution in [0.4, 0.5) is 11.4 Å². The highest BCUT2D eigenvalue weighted by Gasteiger charge is 2.43. The van der Waals surface area contributed by atoms with E-state index in [0.29, 0.717) is 12.5 Å². The van der Waals surface area contributed by atoms with Crippen LogP contribution in [0.1, 0.15) is 76.7 Å². The summed E-state index contributed by atoms with van der Waals surface area (Å²) in [5.41, 5.74) is 2.35. The van der Waals surface area contributed by atoms with Crippen LogP contribution in [0, 0.1) is 5.41 Å². The number of nitrogens with zero attached hydrogens (tertiary/aromatic N) is 1. The van der Waals surface area contributed by atoms with Crippen LogP contribution in [0.15, 0.2) is 47.4 Å². The summed E-state index contributed by atoms with van der Waals surface area (Å²) in [5, 5.41) is 10.7. The molecule has 0 amide bonds. The van der Waals surface area contributed by atoms with Crippen molar-refractivity contribution < 1.29 is 13.5 Å². The second-order valence-corrected chi connectivity index (χ2v) is 11.5. The van der Waals surface area contributed by atoms with Gasteiger partial charge in [0.25, 0.3) is 0 Å². The van der Waals surface area contributed by atoms with Gasteiger partial charge in [-0.25, -0.2) is 8.42 Å². The molecule has 2 aromatic carbocycles. The fraction of sp³-hybridized carbons (Fsp3) is 0.538. The highest BCUT2D eigenvalue weighted by molar-refractivity contribution is 7.91. The van der Waals surface area contributed by atoms with E-state index in [9.17, 15) is 13.5 Å².